The molecule has 2 heteroatoms. The number of fused-ring (bicyclic) bond motifs is 1. The van der Waals surface area contributed by atoms with E-state index in [-0.39, 0.29) is 0 Å². The molecule has 2 rings (SSSR count). The summed E-state index contributed by atoms with van der Waals surface area (Å²) in [6.07, 6.45) is 5.69. The van der Waals surface area contributed by atoms with E-state index in [1.807, 2.05) is 36.4 Å². The molecule has 0 radical (unpaired) electrons. The van der Waals surface area contributed by atoms with Gasteiger partial charge in [-0.05, 0) is 6.07 Å². The molecule has 0 saturated carbocycles. The highest BCUT2D eigenvalue weighted by molar-refractivity contribution is 5.59. The Morgan fingerprint density at radius 1 is 1.23 bits per heavy atom. The summed E-state index contributed by atoms with van der Waals surface area (Å²) in [5.41, 5.74) is 1.06. The summed E-state index contributed by atoms with van der Waals surface area (Å²) in [6.45, 7) is 0. The van der Waals surface area contributed by atoms with Crippen molar-refractivity contribution in [1.29, 1.82) is 0 Å². The van der Waals surface area contributed by atoms with Crippen LogP contribution in [0.15, 0.2) is 42.4 Å². The smallest absolute Gasteiger partial charge is 0.284 e. The average molecular weight is 174 g/mol. The van der Waals surface area contributed by atoms with Crippen LogP contribution in [0, 0.1) is 0 Å². The topological polar surface area (TPSA) is 18.5 Å². The van der Waals surface area contributed by atoms with Crippen molar-refractivity contribution >= 4 is 6.08 Å². The predicted octanol–water partition coefficient (Wildman–Crippen LogP) is 2.58. The first-order valence-electron chi connectivity index (χ1n) is 4.09. The average Bonchev–Trinajstić information content (AvgIpc) is 2.38. The van der Waals surface area contributed by atoms with E-state index in [0.29, 0.717) is 5.95 Å². The Bertz CT molecular complexity index is 364. The van der Waals surface area contributed by atoms with Crippen molar-refractivity contribution in [2.24, 2.45) is 0 Å². The molecule has 0 amide bonds. The van der Waals surface area contributed by atoms with Crippen LogP contribution in [-0.2, 0) is 4.74 Å². The minimum Gasteiger partial charge on any atom is -0.468 e. The van der Waals surface area contributed by atoms with Crippen molar-refractivity contribution in [3.05, 3.63) is 47.9 Å². The van der Waals surface area contributed by atoms with Gasteiger partial charge in [0.25, 0.3) is 5.95 Å². The van der Waals surface area contributed by atoms with E-state index in [4.69, 9.17) is 9.47 Å². The molecule has 1 aromatic rings. The number of hydrogen-bond acceptors (Lipinski definition) is 2. The van der Waals surface area contributed by atoms with E-state index < -0.39 is 0 Å². The molecule has 1 aromatic carbocycles. The summed E-state index contributed by atoms with van der Waals surface area (Å²) in [6, 6.07) is 7.83. The van der Waals surface area contributed by atoms with Crippen molar-refractivity contribution < 1.29 is 9.47 Å². The zero-order valence-electron chi connectivity index (χ0n) is 7.36. The largest absolute Gasteiger partial charge is 0.468 e. The Morgan fingerprint density at radius 2 is 2.08 bits per heavy atom. The van der Waals surface area contributed by atoms with Crippen LogP contribution in [0.2, 0.25) is 0 Å². The molecule has 0 N–H and O–H groups in total. The fourth-order valence-corrected chi connectivity index (χ4v) is 1.19. The molecule has 0 saturated heterocycles. The molecule has 0 aromatic heterocycles. The lowest BCUT2D eigenvalue weighted by molar-refractivity contribution is 0.152. The molecule has 0 atom stereocenters. The van der Waals surface area contributed by atoms with Gasteiger partial charge in [0, 0.05) is 11.6 Å². The Balaban J connectivity index is 2.40. The second-order valence-corrected chi connectivity index (χ2v) is 2.69. The summed E-state index contributed by atoms with van der Waals surface area (Å²) in [5.74, 6) is 1.34. The molecule has 1 aliphatic heterocycles. The second-order valence-electron chi connectivity index (χ2n) is 2.69. The molecule has 0 spiro atoms. The summed E-state index contributed by atoms with van der Waals surface area (Å²) >= 11 is 0. The van der Waals surface area contributed by atoms with Crippen LogP contribution in [0.3, 0.4) is 0 Å². The maximum atomic E-state index is 5.48. The molecule has 1 heterocycles. The molecule has 0 aliphatic carbocycles. The van der Waals surface area contributed by atoms with E-state index in [1.165, 1.54) is 0 Å². The summed E-state index contributed by atoms with van der Waals surface area (Å²) in [5, 5.41) is 0. The summed E-state index contributed by atoms with van der Waals surface area (Å²) in [7, 11) is 1.59. The van der Waals surface area contributed by atoms with Crippen LogP contribution in [-0.4, -0.2) is 7.11 Å². The zero-order valence-corrected chi connectivity index (χ0v) is 7.36. The first-order valence-corrected chi connectivity index (χ1v) is 4.09. The van der Waals surface area contributed by atoms with Crippen molar-refractivity contribution in [3.8, 4) is 5.75 Å². The van der Waals surface area contributed by atoms with Gasteiger partial charge in [0.05, 0.1) is 7.11 Å². The van der Waals surface area contributed by atoms with Gasteiger partial charge in [-0.3, -0.25) is 0 Å². The van der Waals surface area contributed by atoms with Gasteiger partial charge in [-0.25, -0.2) is 0 Å². The Morgan fingerprint density at radius 3 is 2.92 bits per heavy atom. The van der Waals surface area contributed by atoms with E-state index in [2.05, 4.69) is 0 Å². The maximum Gasteiger partial charge on any atom is 0.284 e. The molecule has 0 unspecified atom stereocenters. The van der Waals surface area contributed by atoms with E-state index in [0.717, 1.165) is 11.3 Å². The maximum absolute atomic E-state index is 5.48. The number of para-hydroxylation sites is 1. The highest BCUT2D eigenvalue weighted by atomic mass is 16.7. The van der Waals surface area contributed by atoms with Crippen LogP contribution in [0.4, 0.5) is 0 Å². The first-order chi connectivity index (χ1) is 6.40. The molecule has 13 heavy (non-hydrogen) atoms. The van der Waals surface area contributed by atoms with Crippen LogP contribution < -0.4 is 4.74 Å². The summed E-state index contributed by atoms with van der Waals surface area (Å²) < 4.78 is 10.5. The monoisotopic (exact) mass is 174 g/mol. The van der Waals surface area contributed by atoms with Crippen LogP contribution >= 0.6 is 0 Å². The Kier molecular flexibility index (Phi) is 2.04. The number of ether oxygens (including phenoxy) is 2. The molecular weight excluding hydrogens is 164 g/mol. The quantitative estimate of drug-likeness (QED) is 0.651. The second kappa shape index (κ2) is 3.35. The fraction of sp³-hybridized carbons (Fsp3) is 0.0909. The highest BCUT2D eigenvalue weighted by Crippen LogP contribution is 2.24. The zero-order chi connectivity index (χ0) is 9.10. The van der Waals surface area contributed by atoms with E-state index in [1.54, 1.807) is 13.2 Å². The molecule has 0 fully saturated rings. The van der Waals surface area contributed by atoms with Crippen molar-refractivity contribution in [2.75, 3.05) is 7.11 Å². The van der Waals surface area contributed by atoms with Gasteiger partial charge < -0.3 is 9.47 Å². The lowest BCUT2D eigenvalue weighted by Gasteiger charge is -2.07. The van der Waals surface area contributed by atoms with Gasteiger partial charge in [-0.2, -0.15) is 0 Å². The number of methoxy groups -OCH3 is 1. The summed E-state index contributed by atoms with van der Waals surface area (Å²) in [4.78, 5) is 0. The molecule has 2 nitrogen and oxygen atoms in total. The van der Waals surface area contributed by atoms with Gasteiger partial charge in [0.15, 0.2) is 0 Å². The van der Waals surface area contributed by atoms with Gasteiger partial charge in [-0.15, -0.1) is 0 Å². The minimum absolute atomic E-state index is 0.515. The van der Waals surface area contributed by atoms with Gasteiger partial charge in [0.1, 0.15) is 5.75 Å². The third-order valence-corrected chi connectivity index (χ3v) is 1.84. The lowest BCUT2D eigenvalue weighted by Crippen LogP contribution is -1.96. The number of allylic oxidation sites excluding steroid dienone is 2. The van der Waals surface area contributed by atoms with Gasteiger partial charge >= 0.3 is 0 Å². The molecule has 66 valence electrons. The SMILES string of the molecule is COC1=CC=Cc2ccccc2O1. The van der Waals surface area contributed by atoms with E-state index >= 15 is 0 Å². The number of benzene rings is 1. The Hall–Kier alpha value is -1.70. The third-order valence-electron chi connectivity index (χ3n) is 1.84. The Labute approximate surface area is 77.1 Å². The van der Waals surface area contributed by atoms with Crippen molar-refractivity contribution in [2.45, 2.75) is 0 Å². The van der Waals surface area contributed by atoms with Crippen molar-refractivity contribution in [3.63, 3.8) is 0 Å². The molecule has 1 aliphatic rings. The molecular formula is C11H10O2. The molecule has 0 bridgehead atoms. The lowest BCUT2D eigenvalue weighted by atomic mass is 10.2. The van der Waals surface area contributed by atoms with Crippen LogP contribution in [0.5, 0.6) is 5.75 Å². The van der Waals surface area contributed by atoms with Crippen LogP contribution in [0.25, 0.3) is 6.08 Å². The van der Waals surface area contributed by atoms with Gasteiger partial charge in [0.2, 0.25) is 0 Å². The van der Waals surface area contributed by atoms with Crippen LogP contribution in [0.1, 0.15) is 5.56 Å². The van der Waals surface area contributed by atoms with Gasteiger partial charge in [-0.1, -0.05) is 30.4 Å². The number of hydrogen-bond donors (Lipinski definition) is 0. The third kappa shape index (κ3) is 1.56. The first kappa shape index (κ1) is 7.92. The standard InChI is InChI=1S/C11H10O2/c1-12-11-8-4-6-9-5-2-3-7-10(9)13-11/h2-8H,1H3. The van der Waals surface area contributed by atoms with E-state index in [9.17, 15) is 0 Å². The number of rotatable bonds is 1. The predicted molar refractivity (Wildman–Crippen MR) is 51.2 cm³/mol. The van der Waals surface area contributed by atoms with Crippen molar-refractivity contribution in [1.82, 2.24) is 0 Å². The fourth-order valence-electron chi connectivity index (χ4n) is 1.19. The highest BCUT2D eigenvalue weighted by Gasteiger charge is 2.05. The normalized spacial score (nSPS) is 13.8. The minimum atomic E-state index is 0.515.